The van der Waals surface area contributed by atoms with Crippen molar-refractivity contribution in [3.63, 3.8) is 0 Å². The van der Waals surface area contributed by atoms with Crippen molar-refractivity contribution < 1.29 is 18.8 Å². The maximum absolute atomic E-state index is 13.5. The average Bonchev–Trinajstić information content (AvgIpc) is 2.89. The zero-order chi connectivity index (χ0) is 23.4. The number of para-hydroxylation sites is 1. The lowest BCUT2D eigenvalue weighted by molar-refractivity contribution is -0.938. The number of ketones is 1. The third-order valence-electron chi connectivity index (χ3n) is 7.34. The van der Waals surface area contributed by atoms with E-state index in [9.17, 15) is 9.59 Å². The number of amides is 1. The first-order valence-electron chi connectivity index (χ1n) is 12.1. The van der Waals surface area contributed by atoms with Crippen LogP contribution in [-0.4, -0.2) is 48.6 Å². The zero-order valence-electron chi connectivity index (χ0n) is 19.4. The van der Waals surface area contributed by atoms with Crippen LogP contribution in [0.5, 0.6) is 0 Å². The number of ether oxygens (including phenoxy) is 1. The Morgan fingerprint density at radius 3 is 2.06 bits per heavy atom. The molecule has 3 fully saturated rings. The molecular weight excluding hydrogens is 424 g/mol. The van der Waals surface area contributed by atoms with Gasteiger partial charge in [0.1, 0.15) is 13.1 Å². The highest BCUT2D eigenvalue weighted by atomic mass is 16.6. The summed E-state index contributed by atoms with van der Waals surface area (Å²) in [6.07, 6.45) is 1.50. The summed E-state index contributed by atoms with van der Waals surface area (Å²) in [4.78, 5) is 28.2. The summed E-state index contributed by atoms with van der Waals surface area (Å²) < 4.78 is 6.90. The normalized spacial score (nSPS) is 23.3. The fourth-order valence-electron chi connectivity index (χ4n) is 5.43. The quantitative estimate of drug-likeness (QED) is 0.358. The molecular formula is C29H31N2O3+. The highest BCUT2D eigenvalue weighted by Gasteiger charge is 2.48. The van der Waals surface area contributed by atoms with Crippen LogP contribution in [0.1, 0.15) is 28.8 Å². The van der Waals surface area contributed by atoms with Gasteiger partial charge in [0.05, 0.1) is 19.6 Å². The van der Waals surface area contributed by atoms with Gasteiger partial charge < -0.3 is 9.22 Å². The molecule has 3 heterocycles. The lowest BCUT2D eigenvalue weighted by Crippen LogP contribution is -2.66. The van der Waals surface area contributed by atoms with Crippen LogP contribution in [0.15, 0.2) is 91.0 Å². The van der Waals surface area contributed by atoms with Gasteiger partial charge in [0.25, 0.3) is 0 Å². The van der Waals surface area contributed by atoms with E-state index in [1.807, 2.05) is 91.0 Å². The Labute approximate surface area is 201 Å². The molecule has 0 N–H and O–H groups in total. The van der Waals surface area contributed by atoms with Crippen molar-refractivity contribution >= 4 is 17.6 Å². The minimum absolute atomic E-state index is 0.166. The molecule has 0 spiro atoms. The van der Waals surface area contributed by atoms with Crippen molar-refractivity contribution in [2.24, 2.45) is 5.92 Å². The van der Waals surface area contributed by atoms with Crippen molar-refractivity contribution in [3.05, 3.63) is 102 Å². The molecule has 3 saturated heterocycles. The lowest BCUT2D eigenvalue weighted by atomic mass is 9.83. The second-order valence-corrected chi connectivity index (χ2v) is 9.59. The first-order valence-corrected chi connectivity index (χ1v) is 12.1. The van der Waals surface area contributed by atoms with Gasteiger partial charge in [0.2, 0.25) is 5.78 Å². The Hall–Kier alpha value is -3.44. The van der Waals surface area contributed by atoms with Crippen molar-refractivity contribution in [2.45, 2.75) is 25.5 Å². The van der Waals surface area contributed by atoms with Crippen molar-refractivity contribution in [3.8, 4) is 0 Å². The van der Waals surface area contributed by atoms with Gasteiger partial charge in [-0.3, -0.25) is 9.69 Å². The Bertz CT molecular complexity index is 1110. The number of Topliss-reactive ketones (excluding diaryl/α,β-unsaturated/α-hetero) is 1. The number of anilines is 1. The summed E-state index contributed by atoms with van der Waals surface area (Å²) in [5, 5.41) is 0. The van der Waals surface area contributed by atoms with Gasteiger partial charge in [0.15, 0.2) is 6.10 Å². The monoisotopic (exact) mass is 455 g/mol. The molecule has 5 heteroatoms. The van der Waals surface area contributed by atoms with Crippen LogP contribution in [-0.2, 0) is 11.3 Å². The van der Waals surface area contributed by atoms with Gasteiger partial charge in [-0.2, -0.15) is 0 Å². The lowest BCUT2D eigenvalue weighted by Gasteiger charge is -2.51. The Morgan fingerprint density at radius 1 is 0.824 bits per heavy atom. The topological polar surface area (TPSA) is 46.6 Å². The molecule has 5 nitrogen and oxygen atoms in total. The molecule has 1 atom stereocenters. The van der Waals surface area contributed by atoms with Crippen molar-refractivity contribution in [2.75, 3.05) is 31.1 Å². The van der Waals surface area contributed by atoms with Gasteiger partial charge in [0, 0.05) is 30.0 Å². The molecule has 174 valence electrons. The first-order chi connectivity index (χ1) is 16.6. The maximum atomic E-state index is 13.5. The third kappa shape index (κ3) is 4.90. The van der Waals surface area contributed by atoms with E-state index in [-0.39, 0.29) is 18.0 Å². The summed E-state index contributed by atoms with van der Waals surface area (Å²) in [5.41, 5.74) is 2.63. The summed E-state index contributed by atoms with van der Waals surface area (Å²) in [6, 6.07) is 29.2. The molecule has 3 aliphatic heterocycles. The molecule has 34 heavy (non-hydrogen) atoms. The molecule has 2 bridgehead atoms. The second kappa shape index (κ2) is 9.82. The minimum atomic E-state index is -0.318. The largest absolute Gasteiger partial charge is 0.440 e. The number of nitrogens with zero attached hydrogens (tertiary/aromatic N) is 2. The van der Waals surface area contributed by atoms with Gasteiger partial charge in [-0.05, 0) is 17.7 Å². The van der Waals surface area contributed by atoms with E-state index in [0.29, 0.717) is 30.0 Å². The Morgan fingerprint density at radius 2 is 1.41 bits per heavy atom. The number of fused-ring (bicyclic) bond motifs is 3. The molecule has 0 saturated carbocycles. The van der Waals surface area contributed by atoms with E-state index in [2.05, 4.69) is 0 Å². The van der Waals surface area contributed by atoms with Crippen LogP contribution in [0.25, 0.3) is 0 Å². The Balaban J connectivity index is 1.31. The molecule has 1 amide bonds. The standard InChI is InChI=1S/C29H31N2O3/c32-27(24-12-6-2-7-13-24)21-31-18-16-25(17-19-31)28(22-31)34-29(33)30(26-14-8-3-9-15-26)20-23-10-4-1-5-11-23/h1-15,25,28H,16-22H2/q+1/t25?,28-,31?/m0/s1. The number of carbonyl (C=O) groups excluding carboxylic acids is 2. The highest BCUT2D eigenvalue weighted by Crippen LogP contribution is 2.36. The molecule has 0 unspecified atom stereocenters. The van der Waals surface area contributed by atoms with E-state index in [1.165, 1.54) is 0 Å². The fourth-order valence-corrected chi connectivity index (χ4v) is 5.43. The number of carbonyl (C=O) groups is 2. The van der Waals surface area contributed by atoms with E-state index in [4.69, 9.17) is 4.74 Å². The molecule has 3 aliphatic rings. The van der Waals surface area contributed by atoms with Gasteiger partial charge in [-0.25, -0.2) is 4.79 Å². The van der Waals surface area contributed by atoms with Crippen LogP contribution < -0.4 is 4.90 Å². The maximum Gasteiger partial charge on any atom is 0.415 e. The predicted octanol–water partition coefficient (Wildman–Crippen LogP) is 5.32. The summed E-state index contributed by atoms with van der Waals surface area (Å²) >= 11 is 0. The van der Waals surface area contributed by atoms with Crippen LogP contribution in [0, 0.1) is 5.92 Å². The smallest absolute Gasteiger partial charge is 0.415 e. The molecule has 3 aromatic rings. The van der Waals surface area contributed by atoms with E-state index >= 15 is 0 Å². The second-order valence-electron chi connectivity index (χ2n) is 9.59. The van der Waals surface area contributed by atoms with E-state index < -0.39 is 0 Å². The zero-order valence-corrected chi connectivity index (χ0v) is 19.4. The number of quaternary nitrogens is 1. The number of hydrogen-bond acceptors (Lipinski definition) is 3. The fraction of sp³-hybridized carbons (Fsp3) is 0.310. The molecule has 0 radical (unpaired) electrons. The summed E-state index contributed by atoms with van der Waals surface area (Å²) in [7, 11) is 0. The van der Waals surface area contributed by atoms with Crippen molar-refractivity contribution in [1.29, 1.82) is 0 Å². The third-order valence-corrected chi connectivity index (χ3v) is 7.34. The number of benzene rings is 3. The van der Waals surface area contributed by atoms with Crippen LogP contribution in [0.4, 0.5) is 10.5 Å². The average molecular weight is 456 g/mol. The first kappa shape index (κ1) is 22.4. The molecule has 0 aromatic heterocycles. The minimum Gasteiger partial charge on any atom is -0.440 e. The SMILES string of the molecule is O=C(C[N+]12CCC(CC1)[C@@H](OC(=O)N(Cc1ccccc1)c1ccccc1)C2)c1ccccc1. The van der Waals surface area contributed by atoms with Gasteiger partial charge in [-0.15, -0.1) is 0 Å². The summed E-state index contributed by atoms with van der Waals surface area (Å²) in [6.45, 7) is 3.58. The predicted molar refractivity (Wildman–Crippen MR) is 133 cm³/mol. The molecule has 0 aliphatic carbocycles. The van der Waals surface area contributed by atoms with Gasteiger partial charge >= 0.3 is 6.09 Å². The van der Waals surface area contributed by atoms with Crippen LogP contribution in [0.3, 0.4) is 0 Å². The number of hydrogen-bond donors (Lipinski definition) is 0. The summed E-state index contributed by atoms with van der Waals surface area (Å²) in [5.74, 6) is 0.533. The molecule has 3 aromatic carbocycles. The number of piperidine rings is 3. The number of rotatable bonds is 7. The highest BCUT2D eigenvalue weighted by molar-refractivity contribution is 5.97. The van der Waals surface area contributed by atoms with E-state index in [0.717, 1.165) is 42.7 Å². The van der Waals surface area contributed by atoms with Gasteiger partial charge in [-0.1, -0.05) is 78.9 Å². The van der Waals surface area contributed by atoms with Crippen LogP contribution >= 0.6 is 0 Å². The molecule has 6 rings (SSSR count). The van der Waals surface area contributed by atoms with Crippen molar-refractivity contribution in [1.82, 2.24) is 0 Å². The van der Waals surface area contributed by atoms with E-state index in [1.54, 1.807) is 4.90 Å². The van der Waals surface area contributed by atoms with Crippen LogP contribution in [0.2, 0.25) is 0 Å². The Kier molecular flexibility index (Phi) is 6.45.